The third-order valence-electron chi connectivity index (χ3n) is 2.08. The molecule has 2 aromatic carbocycles. The lowest BCUT2D eigenvalue weighted by Crippen LogP contribution is -1.91. The van der Waals surface area contributed by atoms with E-state index >= 15 is 0 Å². The van der Waals surface area contributed by atoms with Gasteiger partial charge in [0.05, 0.1) is 15.9 Å². The van der Waals surface area contributed by atoms with E-state index in [9.17, 15) is 20.2 Å². The summed E-state index contributed by atoms with van der Waals surface area (Å²) in [6.07, 6.45) is 0. The van der Waals surface area contributed by atoms with Crippen molar-refractivity contribution in [2.45, 2.75) is 0 Å². The number of phenolic OH excluding ortho intramolecular Hbond substituents is 2. The standard InChI is InChI=1S/C6H4N2O4.C6H6O2/c9-7(10)5-2-1-3-6(4-5)8(11)12;7-5-2-1-3-6(8)4-5/h1-4H;1-4,7-8H. The Morgan fingerprint density at radius 1 is 0.750 bits per heavy atom. The minimum atomic E-state index is -0.674. The number of benzene rings is 2. The van der Waals surface area contributed by atoms with E-state index in [0.29, 0.717) is 0 Å². The van der Waals surface area contributed by atoms with Gasteiger partial charge in [0.1, 0.15) is 11.5 Å². The van der Waals surface area contributed by atoms with Crippen LogP contribution in [-0.4, -0.2) is 20.1 Å². The van der Waals surface area contributed by atoms with Crippen LogP contribution in [0.15, 0.2) is 48.5 Å². The Labute approximate surface area is 112 Å². The first-order valence-corrected chi connectivity index (χ1v) is 5.27. The second-order valence-corrected chi connectivity index (χ2v) is 3.55. The Hall–Kier alpha value is -3.16. The van der Waals surface area contributed by atoms with Gasteiger partial charge in [0, 0.05) is 18.2 Å². The number of hydrogen-bond acceptors (Lipinski definition) is 6. The van der Waals surface area contributed by atoms with E-state index in [-0.39, 0.29) is 22.9 Å². The zero-order valence-electron chi connectivity index (χ0n) is 10.0. The van der Waals surface area contributed by atoms with Crippen molar-refractivity contribution in [1.29, 1.82) is 0 Å². The predicted molar refractivity (Wildman–Crippen MR) is 69.5 cm³/mol. The number of nitro groups is 2. The van der Waals surface area contributed by atoms with Crippen molar-refractivity contribution in [2.75, 3.05) is 0 Å². The molecule has 0 aliphatic rings. The molecule has 2 rings (SSSR count). The van der Waals surface area contributed by atoms with Gasteiger partial charge in [-0.25, -0.2) is 0 Å². The minimum Gasteiger partial charge on any atom is -0.508 e. The molecule has 0 saturated heterocycles. The van der Waals surface area contributed by atoms with E-state index in [2.05, 4.69) is 0 Å². The second-order valence-electron chi connectivity index (χ2n) is 3.55. The van der Waals surface area contributed by atoms with E-state index in [1.165, 1.54) is 36.4 Å². The van der Waals surface area contributed by atoms with Crippen LogP contribution < -0.4 is 0 Å². The molecule has 0 spiro atoms. The van der Waals surface area contributed by atoms with Crippen molar-refractivity contribution in [3.8, 4) is 11.5 Å². The molecule has 2 N–H and O–H groups in total. The largest absolute Gasteiger partial charge is 0.508 e. The lowest BCUT2D eigenvalue weighted by molar-refractivity contribution is -0.394. The molecule has 0 fully saturated rings. The molecule has 0 saturated carbocycles. The first-order valence-electron chi connectivity index (χ1n) is 5.27. The SMILES string of the molecule is O=[N+]([O-])c1cccc([N+](=O)[O-])c1.Oc1cccc(O)c1. The van der Waals surface area contributed by atoms with Gasteiger partial charge in [0.15, 0.2) is 0 Å². The van der Waals surface area contributed by atoms with Gasteiger partial charge < -0.3 is 10.2 Å². The maximum Gasteiger partial charge on any atom is 0.276 e. The van der Waals surface area contributed by atoms with Crippen LogP contribution in [0, 0.1) is 20.2 Å². The summed E-state index contributed by atoms with van der Waals surface area (Å²) in [5.74, 6) is 0.176. The summed E-state index contributed by atoms with van der Waals surface area (Å²) in [5.41, 5.74) is -0.548. The van der Waals surface area contributed by atoms with E-state index in [1.54, 1.807) is 6.07 Å². The third kappa shape index (κ3) is 4.61. The van der Waals surface area contributed by atoms with Gasteiger partial charge >= 0.3 is 0 Å². The fraction of sp³-hybridized carbons (Fsp3) is 0. The van der Waals surface area contributed by atoms with Gasteiger partial charge in [-0.3, -0.25) is 20.2 Å². The van der Waals surface area contributed by atoms with E-state index in [1.807, 2.05) is 0 Å². The molecule has 0 heterocycles. The number of aromatic hydroxyl groups is 2. The average Bonchev–Trinajstić information content (AvgIpc) is 2.39. The lowest BCUT2D eigenvalue weighted by Gasteiger charge is -1.90. The molecule has 20 heavy (non-hydrogen) atoms. The van der Waals surface area contributed by atoms with Gasteiger partial charge in [0.2, 0.25) is 0 Å². The molecular weight excluding hydrogens is 268 g/mol. The first-order chi connectivity index (χ1) is 9.40. The minimum absolute atomic E-state index is 0.0880. The monoisotopic (exact) mass is 278 g/mol. The number of rotatable bonds is 2. The Kier molecular flexibility index (Phi) is 4.98. The quantitative estimate of drug-likeness (QED) is 0.642. The zero-order valence-corrected chi connectivity index (χ0v) is 10.0. The second kappa shape index (κ2) is 6.69. The van der Waals surface area contributed by atoms with Crippen molar-refractivity contribution in [2.24, 2.45) is 0 Å². The molecule has 0 radical (unpaired) electrons. The van der Waals surface area contributed by atoms with E-state index < -0.39 is 9.85 Å². The van der Waals surface area contributed by atoms with Gasteiger partial charge in [-0.1, -0.05) is 6.07 Å². The highest BCUT2D eigenvalue weighted by Crippen LogP contribution is 2.18. The molecule has 104 valence electrons. The summed E-state index contributed by atoms with van der Waals surface area (Å²) >= 11 is 0. The molecule has 8 nitrogen and oxygen atoms in total. The molecule has 0 unspecified atom stereocenters. The summed E-state index contributed by atoms with van der Waals surface area (Å²) in [6.45, 7) is 0. The third-order valence-corrected chi connectivity index (χ3v) is 2.08. The molecule has 0 amide bonds. The molecule has 2 aromatic rings. The van der Waals surface area contributed by atoms with Crippen LogP contribution in [0.25, 0.3) is 0 Å². The molecule has 0 aliphatic heterocycles. The summed E-state index contributed by atoms with van der Waals surface area (Å²) < 4.78 is 0. The smallest absolute Gasteiger partial charge is 0.276 e. The fourth-order valence-corrected chi connectivity index (χ4v) is 1.21. The Morgan fingerprint density at radius 2 is 1.15 bits per heavy atom. The van der Waals surface area contributed by atoms with Gasteiger partial charge in [-0.2, -0.15) is 0 Å². The fourth-order valence-electron chi connectivity index (χ4n) is 1.21. The molecular formula is C12H10N2O6. The van der Waals surface area contributed by atoms with Crippen LogP contribution in [0.3, 0.4) is 0 Å². The summed E-state index contributed by atoms with van der Waals surface area (Å²) in [4.78, 5) is 19.0. The van der Waals surface area contributed by atoms with Crippen LogP contribution in [-0.2, 0) is 0 Å². The van der Waals surface area contributed by atoms with Gasteiger partial charge in [0.25, 0.3) is 11.4 Å². The Morgan fingerprint density at radius 3 is 1.45 bits per heavy atom. The number of non-ortho nitro benzene ring substituents is 2. The van der Waals surface area contributed by atoms with Gasteiger partial charge in [-0.15, -0.1) is 0 Å². The van der Waals surface area contributed by atoms with E-state index in [4.69, 9.17) is 10.2 Å². The lowest BCUT2D eigenvalue weighted by atomic mass is 10.3. The zero-order chi connectivity index (χ0) is 15.1. The molecule has 0 bridgehead atoms. The predicted octanol–water partition coefficient (Wildman–Crippen LogP) is 2.60. The normalized spacial score (nSPS) is 9.20. The van der Waals surface area contributed by atoms with E-state index in [0.717, 1.165) is 6.07 Å². The van der Waals surface area contributed by atoms with Crippen LogP contribution in [0.1, 0.15) is 0 Å². The average molecular weight is 278 g/mol. The molecule has 8 heteroatoms. The van der Waals surface area contributed by atoms with Crippen molar-refractivity contribution in [3.05, 3.63) is 68.8 Å². The number of nitrogens with zero attached hydrogens (tertiary/aromatic N) is 2. The van der Waals surface area contributed by atoms with Crippen molar-refractivity contribution < 1.29 is 20.1 Å². The van der Waals surface area contributed by atoms with Gasteiger partial charge in [-0.05, 0) is 18.2 Å². The van der Waals surface area contributed by atoms with Crippen molar-refractivity contribution in [3.63, 3.8) is 0 Å². The summed E-state index contributed by atoms with van der Waals surface area (Å²) in [5, 5.41) is 37.6. The maximum absolute atomic E-state index is 10.2. The summed E-state index contributed by atoms with van der Waals surface area (Å²) in [7, 11) is 0. The van der Waals surface area contributed by atoms with Crippen LogP contribution in [0.2, 0.25) is 0 Å². The Bertz CT molecular complexity index is 582. The molecule has 0 aliphatic carbocycles. The van der Waals surface area contributed by atoms with Crippen molar-refractivity contribution >= 4 is 11.4 Å². The highest BCUT2D eigenvalue weighted by Gasteiger charge is 2.11. The highest BCUT2D eigenvalue weighted by molar-refractivity contribution is 5.42. The molecule has 0 aromatic heterocycles. The first kappa shape index (κ1) is 14.9. The maximum atomic E-state index is 10.2. The summed E-state index contributed by atoms with van der Waals surface area (Å²) in [6, 6.07) is 10.4. The highest BCUT2D eigenvalue weighted by atomic mass is 16.6. The Balaban J connectivity index is 0.000000217. The van der Waals surface area contributed by atoms with Crippen LogP contribution in [0.4, 0.5) is 11.4 Å². The van der Waals surface area contributed by atoms with Crippen molar-refractivity contribution in [1.82, 2.24) is 0 Å². The number of nitro benzene ring substituents is 2. The number of phenols is 2. The van der Waals surface area contributed by atoms with Crippen LogP contribution >= 0.6 is 0 Å². The van der Waals surface area contributed by atoms with Crippen LogP contribution in [0.5, 0.6) is 11.5 Å². The topological polar surface area (TPSA) is 127 Å². The molecule has 0 atom stereocenters. The number of hydrogen-bond donors (Lipinski definition) is 2.